The van der Waals surface area contributed by atoms with Crippen LogP contribution in [0.1, 0.15) is 24.0 Å². The number of ether oxygens (including phenoxy) is 1. The molecule has 1 aromatic carbocycles. The van der Waals surface area contributed by atoms with E-state index in [1.165, 1.54) is 0 Å². The van der Waals surface area contributed by atoms with Crippen molar-refractivity contribution in [1.82, 2.24) is 9.97 Å². The molecule has 0 aliphatic carbocycles. The third-order valence-corrected chi connectivity index (χ3v) is 4.02. The number of aromatic nitrogens is 2. The van der Waals surface area contributed by atoms with Gasteiger partial charge in [-0.25, -0.2) is 4.79 Å². The van der Waals surface area contributed by atoms with Gasteiger partial charge < -0.3 is 14.7 Å². The van der Waals surface area contributed by atoms with Crippen LogP contribution in [0.2, 0.25) is 0 Å². The highest BCUT2D eigenvalue weighted by Crippen LogP contribution is 2.14. The minimum absolute atomic E-state index is 0.256. The number of oxime groups is 1. The second-order valence-electron chi connectivity index (χ2n) is 6.16. The molecular weight excluding hydrogens is 370 g/mol. The van der Waals surface area contributed by atoms with Gasteiger partial charge >= 0.3 is 5.97 Å². The zero-order valence-electron chi connectivity index (χ0n) is 15.7. The number of rotatable bonds is 10. The Kier molecular flexibility index (Phi) is 7.28. The van der Waals surface area contributed by atoms with Crippen molar-refractivity contribution >= 4 is 11.7 Å². The average molecular weight is 391 g/mol. The number of benzene rings is 1. The monoisotopic (exact) mass is 391 g/mol. The molecule has 1 atom stereocenters. The molecule has 2 heterocycles. The second kappa shape index (κ2) is 10.6. The molecule has 3 aromatic rings. The summed E-state index contributed by atoms with van der Waals surface area (Å²) in [5, 5.41) is 13.6. The normalized spacial score (nSPS) is 11.3. The van der Waals surface area contributed by atoms with Gasteiger partial charge in [-0.1, -0.05) is 23.4 Å². The fourth-order valence-electron chi connectivity index (χ4n) is 2.62. The smallest absolute Gasteiger partial charge is 0.344 e. The molecule has 3 rings (SSSR count). The van der Waals surface area contributed by atoms with Crippen LogP contribution in [0.25, 0.3) is 0 Å². The molecular formula is C22H21N3O4. The summed E-state index contributed by atoms with van der Waals surface area (Å²) in [7, 11) is 0. The van der Waals surface area contributed by atoms with E-state index in [2.05, 4.69) is 15.1 Å². The first-order valence-corrected chi connectivity index (χ1v) is 9.19. The van der Waals surface area contributed by atoms with E-state index < -0.39 is 12.1 Å². The van der Waals surface area contributed by atoms with Gasteiger partial charge in [0.05, 0.1) is 0 Å². The lowest BCUT2D eigenvalue weighted by atomic mass is 10.1. The zero-order valence-corrected chi connectivity index (χ0v) is 15.7. The Bertz CT molecular complexity index is 877. The molecule has 29 heavy (non-hydrogen) atoms. The molecule has 7 heteroatoms. The van der Waals surface area contributed by atoms with Crippen LogP contribution >= 0.6 is 0 Å². The number of nitrogens with zero attached hydrogens (tertiary/aromatic N) is 3. The van der Waals surface area contributed by atoms with Crippen molar-refractivity contribution in [2.45, 2.75) is 18.9 Å². The molecule has 7 nitrogen and oxygen atoms in total. The van der Waals surface area contributed by atoms with Crippen molar-refractivity contribution in [3.8, 4) is 5.75 Å². The van der Waals surface area contributed by atoms with E-state index in [1.54, 1.807) is 49.1 Å². The lowest BCUT2D eigenvalue weighted by Crippen LogP contribution is -2.27. The Morgan fingerprint density at radius 3 is 2.17 bits per heavy atom. The Morgan fingerprint density at radius 2 is 1.62 bits per heavy atom. The quantitative estimate of drug-likeness (QED) is 0.323. The van der Waals surface area contributed by atoms with Gasteiger partial charge in [-0.05, 0) is 49.2 Å². The van der Waals surface area contributed by atoms with Crippen LogP contribution in [0.4, 0.5) is 0 Å². The predicted octanol–water partition coefficient (Wildman–Crippen LogP) is 3.56. The molecule has 1 unspecified atom stereocenters. The highest BCUT2D eigenvalue weighted by Gasteiger charge is 2.19. The first-order chi connectivity index (χ1) is 14.2. The Hall–Kier alpha value is -3.74. The number of carbonyl (C=O) groups is 1. The van der Waals surface area contributed by atoms with Crippen molar-refractivity contribution in [3.63, 3.8) is 0 Å². The molecule has 0 spiro atoms. The number of hydrogen-bond donors (Lipinski definition) is 1. The van der Waals surface area contributed by atoms with E-state index in [1.807, 2.05) is 30.3 Å². The van der Waals surface area contributed by atoms with E-state index >= 15 is 0 Å². The number of hydrogen-bond acceptors (Lipinski definition) is 6. The molecule has 2 aromatic heterocycles. The topological polar surface area (TPSA) is 93.9 Å². The summed E-state index contributed by atoms with van der Waals surface area (Å²) in [5.41, 5.74) is 2.22. The first-order valence-electron chi connectivity index (χ1n) is 9.19. The number of para-hydroxylation sites is 1. The molecule has 0 radical (unpaired) electrons. The van der Waals surface area contributed by atoms with Gasteiger partial charge in [-0.2, -0.15) is 0 Å². The van der Waals surface area contributed by atoms with Gasteiger partial charge in [0.2, 0.25) is 0 Å². The molecule has 0 amide bonds. The minimum atomic E-state index is -1.01. The number of pyridine rings is 2. The summed E-state index contributed by atoms with van der Waals surface area (Å²) in [5.74, 6) is -0.488. The molecule has 0 saturated heterocycles. The maximum Gasteiger partial charge on any atom is 0.344 e. The lowest BCUT2D eigenvalue weighted by molar-refractivity contribution is -0.145. The van der Waals surface area contributed by atoms with E-state index in [9.17, 15) is 9.90 Å². The van der Waals surface area contributed by atoms with Gasteiger partial charge in [0.25, 0.3) is 0 Å². The van der Waals surface area contributed by atoms with Crippen LogP contribution in [0.3, 0.4) is 0 Å². The molecule has 148 valence electrons. The van der Waals surface area contributed by atoms with Crippen LogP contribution in [0, 0.1) is 0 Å². The van der Waals surface area contributed by atoms with Crippen molar-refractivity contribution in [2.24, 2.45) is 5.16 Å². The average Bonchev–Trinajstić information content (AvgIpc) is 2.77. The molecule has 0 fully saturated rings. The Labute approximate surface area is 168 Å². The summed E-state index contributed by atoms with van der Waals surface area (Å²) in [6, 6.07) is 16.3. The van der Waals surface area contributed by atoms with Gasteiger partial charge in [0.1, 0.15) is 18.1 Å². The first kappa shape index (κ1) is 20.0. The highest BCUT2D eigenvalue weighted by molar-refractivity contribution is 6.12. The SMILES string of the molecule is O=C(O)C(CCCON=C(c1cccnc1)c1cccnc1)Oc1ccccc1. The fourth-order valence-corrected chi connectivity index (χ4v) is 2.62. The summed E-state index contributed by atoms with van der Waals surface area (Å²) < 4.78 is 5.53. The molecule has 0 aliphatic heterocycles. The van der Waals surface area contributed by atoms with Crippen LogP contribution in [-0.4, -0.2) is 39.5 Å². The van der Waals surface area contributed by atoms with Gasteiger partial charge in [0, 0.05) is 35.9 Å². The van der Waals surface area contributed by atoms with Crippen LogP contribution in [-0.2, 0) is 9.63 Å². The summed E-state index contributed by atoms with van der Waals surface area (Å²) >= 11 is 0. The van der Waals surface area contributed by atoms with E-state index in [-0.39, 0.29) is 6.61 Å². The number of aliphatic carboxylic acids is 1. The molecule has 1 N–H and O–H groups in total. The Balaban J connectivity index is 1.58. The fraction of sp³-hybridized carbons (Fsp3) is 0.182. The highest BCUT2D eigenvalue weighted by atomic mass is 16.6. The van der Waals surface area contributed by atoms with E-state index in [4.69, 9.17) is 9.57 Å². The summed E-state index contributed by atoms with van der Waals surface area (Å²) in [6.45, 7) is 0.256. The molecule has 0 aliphatic rings. The van der Waals surface area contributed by atoms with Gasteiger partial charge in [-0.3, -0.25) is 9.97 Å². The van der Waals surface area contributed by atoms with Crippen LogP contribution < -0.4 is 4.74 Å². The molecule has 0 bridgehead atoms. The van der Waals surface area contributed by atoms with Crippen molar-refractivity contribution < 1.29 is 19.5 Å². The third kappa shape index (κ3) is 6.14. The zero-order chi connectivity index (χ0) is 20.3. The largest absolute Gasteiger partial charge is 0.479 e. The summed E-state index contributed by atoms with van der Waals surface area (Å²) in [4.78, 5) is 25.1. The molecule has 0 saturated carbocycles. The van der Waals surface area contributed by atoms with Crippen LogP contribution in [0.5, 0.6) is 5.75 Å². The predicted molar refractivity (Wildman–Crippen MR) is 108 cm³/mol. The maximum absolute atomic E-state index is 11.4. The number of carboxylic acid groups (broad SMARTS) is 1. The standard InChI is InChI=1S/C22H21N3O4/c26-22(27)20(29-19-9-2-1-3-10-19)11-6-14-28-25-21(17-7-4-12-23-15-17)18-8-5-13-24-16-18/h1-5,7-10,12-13,15-16,20H,6,11,14H2,(H,26,27). The Morgan fingerprint density at radius 1 is 0.966 bits per heavy atom. The summed E-state index contributed by atoms with van der Waals surface area (Å²) in [6.07, 6.45) is 6.59. The van der Waals surface area contributed by atoms with Crippen LogP contribution in [0.15, 0.2) is 84.5 Å². The minimum Gasteiger partial charge on any atom is -0.479 e. The third-order valence-electron chi connectivity index (χ3n) is 4.02. The number of carboxylic acids is 1. The van der Waals surface area contributed by atoms with Crippen molar-refractivity contribution in [1.29, 1.82) is 0 Å². The van der Waals surface area contributed by atoms with Crippen molar-refractivity contribution in [2.75, 3.05) is 6.61 Å². The van der Waals surface area contributed by atoms with Gasteiger partial charge in [-0.15, -0.1) is 0 Å². The lowest BCUT2D eigenvalue weighted by Gasteiger charge is -2.14. The van der Waals surface area contributed by atoms with Crippen molar-refractivity contribution in [3.05, 3.63) is 90.5 Å². The van der Waals surface area contributed by atoms with Gasteiger partial charge in [0.15, 0.2) is 6.10 Å². The maximum atomic E-state index is 11.4. The van der Waals surface area contributed by atoms with E-state index in [0.29, 0.717) is 24.3 Å². The van der Waals surface area contributed by atoms with E-state index in [0.717, 1.165) is 11.1 Å². The second-order valence-corrected chi connectivity index (χ2v) is 6.16.